The minimum absolute atomic E-state index is 0.0541. The van der Waals surface area contributed by atoms with Gasteiger partial charge in [0.15, 0.2) is 0 Å². The number of carbonyl (C=O) groups excluding carboxylic acids is 1. The average Bonchev–Trinajstić information content (AvgIpc) is 3.43. The van der Waals surface area contributed by atoms with E-state index in [1.807, 2.05) is 67.8 Å². The number of benzene rings is 2. The fourth-order valence-electron chi connectivity index (χ4n) is 5.26. The van der Waals surface area contributed by atoms with Crippen molar-refractivity contribution in [1.29, 1.82) is 5.26 Å². The largest absolute Gasteiger partial charge is 0.478 e. The molecule has 6 rings (SSSR count). The highest BCUT2D eigenvalue weighted by Gasteiger charge is 2.27. The Labute approximate surface area is 247 Å². The SMILES string of the molecule is CC(C)(C)OC(=O)N1CCN(c2cc(-n3cnc4c(C(=O)O)cc(-c5ccnc(C#N)c5)cc43)c3ccccc3n2)CC1. The topological polar surface area (TPSA) is 137 Å². The molecular weight excluding hydrogens is 546 g/mol. The molecule has 0 spiro atoms. The lowest BCUT2D eigenvalue weighted by Crippen LogP contribution is -2.50. The molecule has 1 aliphatic heterocycles. The fraction of sp³-hybridized carbons (Fsp3) is 0.250. The average molecular weight is 576 g/mol. The summed E-state index contributed by atoms with van der Waals surface area (Å²) in [7, 11) is 0. The number of fused-ring (bicyclic) bond motifs is 2. The number of carboxylic acid groups (broad SMARTS) is 1. The lowest BCUT2D eigenvalue weighted by atomic mass is 10.0. The lowest BCUT2D eigenvalue weighted by Gasteiger charge is -2.36. The second-order valence-corrected chi connectivity index (χ2v) is 11.3. The van der Waals surface area contributed by atoms with Gasteiger partial charge in [0.1, 0.15) is 35.0 Å². The van der Waals surface area contributed by atoms with Crippen molar-refractivity contribution in [2.75, 3.05) is 31.1 Å². The summed E-state index contributed by atoms with van der Waals surface area (Å²) in [6.45, 7) is 7.69. The van der Waals surface area contributed by atoms with Crippen molar-refractivity contribution in [3.63, 3.8) is 0 Å². The first-order valence-electron chi connectivity index (χ1n) is 13.9. The number of hydrogen-bond acceptors (Lipinski definition) is 8. The predicted molar refractivity (Wildman–Crippen MR) is 161 cm³/mol. The molecule has 0 bridgehead atoms. The number of hydrogen-bond donors (Lipinski definition) is 1. The van der Waals surface area contributed by atoms with E-state index >= 15 is 0 Å². The Morgan fingerprint density at radius 2 is 1.74 bits per heavy atom. The van der Waals surface area contributed by atoms with Crippen molar-refractivity contribution < 1.29 is 19.4 Å². The van der Waals surface area contributed by atoms with Crippen LogP contribution >= 0.6 is 0 Å². The standard InChI is InChI=1S/C32H29N7O4/c1-32(2,3)43-31(42)38-12-10-37(11-13-38)28-17-26(23-6-4-5-7-25(23)36-28)39-19-35-29-24(30(40)41)15-21(16-27(29)39)20-8-9-34-22(14-20)18-33/h4-9,14-17,19H,10-13H2,1-3H3,(H,40,41). The van der Waals surface area contributed by atoms with Gasteiger partial charge >= 0.3 is 12.1 Å². The van der Waals surface area contributed by atoms with Gasteiger partial charge in [-0.05, 0) is 62.2 Å². The molecule has 11 heteroatoms. The van der Waals surface area contributed by atoms with Gasteiger partial charge in [-0.25, -0.2) is 24.5 Å². The number of nitrogens with zero attached hydrogens (tertiary/aromatic N) is 7. The van der Waals surface area contributed by atoms with Crippen LogP contribution in [0.2, 0.25) is 0 Å². The molecule has 2 aromatic carbocycles. The second kappa shape index (κ2) is 10.7. The van der Waals surface area contributed by atoms with Gasteiger partial charge in [0.05, 0.1) is 22.3 Å². The van der Waals surface area contributed by atoms with E-state index in [2.05, 4.69) is 14.9 Å². The molecule has 11 nitrogen and oxygen atoms in total. The number of pyridine rings is 2. The first-order chi connectivity index (χ1) is 20.6. The van der Waals surface area contributed by atoms with Crippen molar-refractivity contribution in [3.8, 4) is 22.9 Å². The van der Waals surface area contributed by atoms with Crippen LogP contribution in [0.5, 0.6) is 0 Å². The highest BCUT2D eigenvalue weighted by Crippen LogP contribution is 2.33. The van der Waals surface area contributed by atoms with Gasteiger partial charge in [-0.3, -0.25) is 4.57 Å². The number of nitriles is 1. The Hall–Kier alpha value is -5.50. The molecule has 1 fully saturated rings. The Balaban J connectivity index is 1.43. The minimum atomic E-state index is -1.10. The first kappa shape index (κ1) is 27.7. The summed E-state index contributed by atoms with van der Waals surface area (Å²) in [6.07, 6.45) is 2.83. The summed E-state index contributed by atoms with van der Waals surface area (Å²) >= 11 is 0. The zero-order valence-electron chi connectivity index (χ0n) is 24.0. The highest BCUT2D eigenvalue weighted by atomic mass is 16.6. The zero-order valence-corrected chi connectivity index (χ0v) is 24.0. The molecule has 0 atom stereocenters. The predicted octanol–water partition coefficient (Wildman–Crippen LogP) is 5.26. The molecule has 1 N–H and O–H groups in total. The van der Waals surface area contributed by atoms with E-state index in [1.54, 1.807) is 29.4 Å². The van der Waals surface area contributed by atoms with Crippen molar-refractivity contribution in [3.05, 3.63) is 78.4 Å². The number of amides is 1. The van der Waals surface area contributed by atoms with Gasteiger partial charge in [-0.2, -0.15) is 5.26 Å². The van der Waals surface area contributed by atoms with Gasteiger partial charge in [-0.1, -0.05) is 18.2 Å². The zero-order chi connectivity index (χ0) is 30.3. The van der Waals surface area contributed by atoms with E-state index < -0.39 is 11.6 Å². The van der Waals surface area contributed by atoms with Crippen LogP contribution in [0.3, 0.4) is 0 Å². The number of ether oxygens (including phenoxy) is 1. The molecule has 0 radical (unpaired) electrons. The van der Waals surface area contributed by atoms with Crippen LogP contribution in [0, 0.1) is 11.3 Å². The van der Waals surface area contributed by atoms with Gasteiger partial charge in [0.25, 0.3) is 0 Å². The fourth-order valence-corrected chi connectivity index (χ4v) is 5.26. The molecule has 0 saturated carbocycles. The number of anilines is 1. The number of aromatic carboxylic acids is 1. The molecule has 216 valence electrons. The maximum Gasteiger partial charge on any atom is 0.410 e. The van der Waals surface area contributed by atoms with Crippen LogP contribution < -0.4 is 4.90 Å². The molecule has 3 aromatic heterocycles. The van der Waals surface area contributed by atoms with Crippen LogP contribution in [0.4, 0.5) is 10.6 Å². The maximum absolute atomic E-state index is 12.6. The summed E-state index contributed by atoms with van der Waals surface area (Å²) in [4.78, 5) is 42.3. The molecule has 4 heterocycles. The number of aromatic nitrogens is 4. The monoisotopic (exact) mass is 575 g/mol. The van der Waals surface area contributed by atoms with E-state index in [0.717, 1.165) is 22.4 Å². The number of rotatable bonds is 4. The normalized spacial score (nSPS) is 13.7. The first-order valence-corrected chi connectivity index (χ1v) is 13.9. The summed E-state index contributed by atoms with van der Waals surface area (Å²) < 4.78 is 7.42. The number of carboxylic acids is 1. The van der Waals surface area contributed by atoms with Crippen LogP contribution in [0.25, 0.3) is 38.8 Å². The molecule has 1 saturated heterocycles. The van der Waals surface area contributed by atoms with Crippen LogP contribution in [-0.4, -0.2) is 73.4 Å². The summed E-state index contributed by atoms with van der Waals surface area (Å²) in [6, 6.07) is 18.6. The van der Waals surface area contributed by atoms with Crippen molar-refractivity contribution >= 4 is 39.8 Å². The Morgan fingerprint density at radius 1 is 0.977 bits per heavy atom. The quantitative estimate of drug-likeness (QED) is 0.304. The smallest absolute Gasteiger partial charge is 0.410 e. The summed E-state index contributed by atoms with van der Waals surface area (Å²) in [5, 5.41) is 20.3. The Morgan fingerprint density at radius 3 is 2.47 bits per heavy atom. The Bertz CT molecular complexity index is 1930. The molecule has 0 unspecified atom stereocenters. The van der Waals surface area contributed by atoms with E-state index in [1.165, 1.54) is 6.20 Å². The molecular formula is C32H29N7O4. The van der Waals surface area contributed by atoms with Gasteiger partial charge < -0.3 is 19.6 Å². The molecule has 1 aliphatic rings. The van der Waals surface area contributed by atoms with Crippen LogP contribution in [0.1, 0.15) is 36.8 Å². The Kier molecular flexibility index (Phi) is 6.90. The number of imidazole rings is 1. The van der Waals surface area contributed by atoms with E-state index in [0.29, 0.717) is 48.3 Å². The van der Waals surface area contributed by atoms with Crippen molar-refractivity contribution in [1.82, 2.24) is 24.4 Å². The highest BCUT2D eigenvalue weighted by molar-refractivity contribution is 6.04. The van der Waals surface area contributed by atoms with Crippen molar-refractivity contribution in [2.24, 2.45) is 0 Å². The number of carbonyl (C=O) groups is 2. The van der Waals surface area contributed by atoms with Gasteiger partial charge in [-0.15, -0.1) is 0 Å². The summed E-state index contributed by atoms with van der Waals surface area (Å²) in [5.41, 5.74) is 3.54. The van der Waals surface area contributed by atoms with E-state index in [9.17, 15) is 20.0 Å². The van der Waals surface area contributed by atoms with Crippen LogP contribution in [0.15, 0.2) is 67.1 Å². The van der Waals surface area contributed by atoms with E-state index in [-0.39, 0.29) is 17.4 Å². The maximum atomic E-state index is 12.6. The molecule has 1 amide bonds. The molecule has 43 heavy (non-hydrogen) atoms. The van der Waals surface area contributed by atoms with Gasteiger partial charge in [0, 0.05) is 43.8 Å². The number of para-hydroxylation sites is 1. The second-order valence-electron chi connectivity index (χ2n) is 11.3. The lowest BCUT2D eigenvalue weighted by molar-refractivity contribution is 0.0240. The van der Waals surface area contributed by atoms with E-state index in [4.69, 9.17) is 9.72 Å². The third-order valence-electron chi connectivity index (χ3n) is 7.29. The van der Waals surface area contributed by atoms with Gasteiger partial charge in [0.2, 0.25) is 0 Å². The third-order valence-corrected chi connectivity index (χ3v) is 7.29. The minimum Gasteiger partial charge on any atom is -0.478 e. The number of piperazine rings is 1. The third kappa shape index (κ3) is 5.42. The summed E-state index contributed by atoms with van der Waals surface area (Å²) in [5.74, 6) is -0.364. The van der Waals surface area contributed by atoms with Crippen LogP contribution in [-0.2, 0) is 4.74 Å². The molecule has 5 aromatic rings. The van der Waals surface area contributed by atoms with Crippen molar-refractivity contribution in [2.45, 2.75) is 26.4 Å². The molecule has 0 aliphatic carbocycles.